The topological polar surface area (TPSA) is 96.3 Å². The number of aromatic hydroxyl groups is 1. The van der Waals surface area contributed by atoms with E-state index in [-0.39, 0.29) is 45.0 Å². The molecule has 2 N–H and O–H groups in total. The maximum absolute atomic E-state index is 13.3. The summed E-state index contributed by atoms with van der Waals surface area (Å²) in [4.78, 5) is 27.9. The summed E-state index contributed by atoms with van der Waals surface area (Å²) in [5.74, 6) is -1.25. The van der Waals surface area contributed by atoms with E-state index in [1.807, 2.05) is 0 Å². The Balaban J connectivity index is 1.87. The number of phenols is 1. The van der Waals surface area contributed by atoms with Gasteiger partial charge in [-0.05, 0) is 60.5 Å². The molecule has 0 bridgehead atoms. The predicted molar refractivity (Wildman–Crippen MR) is 137 cm³/mol. The fourth-order valence-electron chi connectivity index (χ4n) is 4.09. The van der Waals surface area contributed by atoms with E-state index in [9.17, 15) is 19.8 Å². The van der Waals surface area contributed by atoms with Crippen molar-refractivity contribution in [3.63, 3.8) is 0 Å². The van der Waals surface area contributed by atoms with Crippen LogP contribution in [-0.4, -0.2) is 40.5 Å². The molecular formula is C27H23Cl2NO6. The van der Waals surface area contributed by atoms with Gasteiger partial charge in [0.1, 0.15) is 11.5 Å². The monoisotopic (exact) mass is 527 g/mol. The Kier molecular flexibility index (Phi) is 7.43. The second kappa shape index (κ2) is 10.5. The highest BCUT2D eigenvalue weighted by molar-refractivity contribution is 6.46. The number of halogens is 2. The number of ether oxygens (including phenoxy) is 2. The summed E-state index contributed by atoms with van der Waals surface area (Å²) in [6, 6.07) is 15.1. The Bertz CT molecular complexity index is 1350. The number of aliphatic hydroxyl groups is 1. The summed E-state index contributed by atoms with van der Waals surface area (Å²) in [5, 5.41) is 21.9. The van der Waals surface area contributed by atoms with E-state index in [2.05, 4.69) is 0 Å². The standard InChI is InChI=1S/C27H23Cl2NO6/c1-3-36-22-13-16(7-11-21(22)31)24-23(25(32)17-6-10-19(28)20(29)12-17)26(33)27(34)30(24)14-15-4-8-18(35-2)9-5-15/h4-13,24,31-32H,3,14H2,1-2H3/b25-23-. The molecule has 1 amide bonds. The van der Waals surface area contributed by atoms with Crippen LogP contribution in [0.5, 0.6) is 17.2 Å². The number of rotatable bonds is 7. The third kappa shape index (κ3) is 4.85. The van der Waals surface area contributed by atoms with Gasteiger partial charge in [-0.3, -0.25) is 9.59 Å². The molecule has 3 aromatic carbocycles. The fourth-order valence-corrected chi connectivity index (χ4v) is 4.39. The van der Waals surface area contributed by atoms with Crippen molar-refractivity contribution >= 4 is 40.7 Å². The number of amides is 1. The molecule has 7 nitrogen and oxygen atoms in total. The third-order valence-corrected chi connectivity index (χ3v) is 6.58. The van der Waals surface area contributed by atoms with Crippen LogP contribution in [0.2, 0.25) is 10.0 Å². The highest BCUT2D eigenvalue weighted by atomic mass is 35.5. The summed E-state index contributed by atoms with van der Waals surface area (Å²) < 4.78 is 10.7. The minimum absolute atomic E-state index is 0.0855. The molecule has 1 saturated heterocycles. The van der Waals surface area contributed by atoms with Gasteiger partial charge in [0.15, 0.2) is 11.5 Å². The molecule has 1 unspecified atom stereocenters. The fraction of sp³-hybridized carbons (Fsp3) is 0.185. The van der Waals surface area contributed by atoms with Gasteiger partial charge in [0.05, 0.1) is 35.4 Å². The Morgan fingerprint density at radius 2 is 1.72 bits per heavy atom. The molecule has 186 valence electrons. The molecule has 1 aliphatic rings. The first-order chi connectivity index (χ1) is 17.2. The number of nitrogens with zero attached hydrogens (tertiary/aromatic N) is 1. The molecule has 1 atom stereocenters. The van der Waals surface area contributed by atoms with E-state index in [0.29, 0.717) is 17.9 Å². The van der Waals surface area contributed by atoms with Gasteiger partial charge in [0.2, 0.25) is 0 Å². The molecule has 4 rings (SSSR count). The average molecular weight is 528 g/mol. The first-order valence-corrected chi connectivity index (χ1v) is 11.8. The number of likely N-dealkylation sites (tertiary alicyclic amines) is 1. The maximum atomic E-state index is 13.3. The van der Waals surface area contributed by atoms with Crippen molar-refractivity contribution < 1.29 is 29.3 Å². The Morgan fingerprint density at radius 3 is 2.36 bits per heavy atom. The van der Waals surface area contributed by atoms with Gasteiger partial charge in [-0.2, -0.15) is 0 Å². The number of methoxy groups -OCH3 is 1. The molecule has 3 aromatic rings. The quantitative estimate of drug-likeness (QED) is 0.231. The second-order valence-corrected chi connectivity index (χ2v) is 8.88. The first kappa shape index (κ1) is 25.4. The molecule has 1 heterocycles. The third-order valence-electron chi connectivity index (χ3n) is 5.84. The number of aliphatic hydroxyl groups excluding tert-OH is 1. The van der Waals surface area contributed by atoms with Crippen LogP contribution >= 0.6 is 23.2 Å². The molecule has 1 aliphatic heterocycles. The lowest BCUT2D eigenvalue weighted by Crippen LogP contribution is -2.29. The SMILES string of the molecule is CCOc1cc(C2/C(=C(/O)c3ccc(Cl)c(Cl)c3)C(=O)C(=O)N2Cc2ccc(OC)cc2)ccc1O. The Labute approximate surface area is 218 Å². The van der Waals surface area contributed by atoms with Crippen molar-refractivity contribution in [1.29, 1.82) is 0 Å². The number of Topliss-reactive ketones (excluding diaryl/α,β-unsaturated/α-hetero) is 1. The Hall–Kier alpha value is -3.68. The van der Waals surface area contributed by atoms with Crippen molar-refractivity contribution in [3.8, 4) is 17.2 Å². The summed E-state index contributed by atoms with van der Waals surface area (Å²) in [6.07, 6.45) is 0. The maximum Gasteiger partial charge on any atom is 0.295 e. The molecule has 0 saturated carbocycles. The van der Waals surface area contributed by atoms with Crippen molar-refractivity contribution in [2.75, 3.05) is 13.7 Å². The van der Waals surface area contributed by atoms with Gasteiger partial charge in [0.25, 0.3) is 11.7 Å². The molecule has 1 fully saturated rings. The summed E-state index contributed by atoms with van der Waals surface area (Å²) >= 11 is 12.1. The molecular weight excluding hydrogens is 505 g/mol. The number of carbonyl (C=O) groups excluding carboxylic acids is 2. The van der Waals surface area contributed by atoms with Crippen LogP contribution in [0.3, 0.4) is 0 Å². The number of benzene rings is 3. The molecule has 0 aromatic heterocycles. The van der Waals surface area contributed by atoms with Crippen LogP contribution in [0.15, 0.2) is 66.2 Å². The molecule has 9 heteroatoms. The van der Waals surface area contributed by atoms with Gasteiger partial charge in [-0.25, -0.2) is 0 Å². The second-order valence-electron chi connectivity index (χ2n) is 8.06. The number of ketones is 1. The van der Waals surface area contributed by atoms with Gasteiger partial charge in [-0.15, -0.1) is 0 Å². The number of hydrogen-bond acceptors (Lipinski definition) is 6. The highest BCUT2D eigenvalue weighted by Crippen LogP contribution is 2.43. The minimum Gasteiger partial charge on any atom is -0.507 e. The zero-order valence-electron chi connectivity index (χ0n) is 19.5. The van der Waals surface area contributed by atoms with Crippen molar-refractivity contribution in [2.45, 2.75) is 19.5 Å². The normalized spacial score (nSPS) is 16.9. The van der Waals surface area contributed by atoms with Crippen molar-refractivity contribution in [1.82, 2.24) is 4.90 Å². The summed E-state index contributed by atoms with van der Waals surface area (Å²) in [6.45, 7) is 2.15. The number of phenolic OH excluding ortho intramolecular Hbond substituents is 1. The average Bonchev–Trinajstić information content (AvgIpc) is 3.12. The van der Waals surface area contributed by atoms with E-state index in [4.69, 9.17) is 32.7 Å². The van der Waals surface area contributed by atoms with E-state index in [1.54, 1.807) is 50.4 Å². The van der Waals surface area contributed by atoms with E-state index >= 15 is 0 Å². The van der Waals surface area contributed by atoms with E-state index < -0.39 is 17.7 Å². The van der Waals surface area contributed by atoms with Gasteiger partial charge < -0.3 is 24.6 Å². The Morgan fingerprint density at radius 1 is 1.00 bits per heavy atom. The predicted octanol–water partition coefficient (Wildman–Crippen LogP) is 5.73. The van der Waals surface area contributed by atoms with Crippen LogP contribution in [-0.2, 0) is 16.1 Å². The molecule has 36 heavy (non-hydrogen) atoms. The van der Waals surface area contributed by atoms with Crippen LogP contribution in [0.25, 0.3) is 5.76 Å². The summed E-state index contributed by atoms with van der Waals surface area (Å²) in [5.41, 5.74) is 1.35. The lowest BCUT2D eigenvalue weighted by atomic mass is 9.94. The van der Waals surface area contributed by atoms with Crippen LogP contribution in [0.1, 0.15) is 29.7 Å². The van der Waals surface area contributed by atoms with Crippen molar-refractivity contribution in [2.24, 2.45) is 0 Å². The van der Waals surface area contributed by atoms with Gasteiger partial charge in [-0.1, -0.05) is 41.4 Å². The zero-order chi connectivity index (χ0) is 26.0. The molecule has 0 radical (unpaired) electrons. The minimum atomic E-state index is -0.957. The smallest absolute Gasteiger partial charge is 0.295 e. The van der Waals surface area contributed by atoms with Gasteiger partial charge >= 0.3 is 0 Å². The molecule has 0 aliphatic carbocycles. The van der Waals surface area contributed by atoms with E-state index in [0.717, 1.165) is 5.56 Å². The van der Waals surface area contributed by atoms with Crippen LogP contribution in [0, 0.1) is 0 Å². The summed E-state index contributed by atoms with van der Waals surface area (Å²) in [7, 11) is 1.55. The number of carbonyl (C=O) groups is 2. The largest absolute Gasteiger partial charge is 0.507 e. The molecule has 0 spiro atoms. The zero-order valence-corrected chi connectivity index (χ0v) is 21.0. The van der Waals surface area contributed by atoms with Crippen molar-refractivity contribution in [3.05, 3.63) is 93.0 Å². The lowest BCUT2D eigenvalue weighted by molar-refractivity contribution is -0.140. The van der Waals surface area contributed by atoms with E-state index in [1.165, 1.54) is 29.2 Å². The lowest BCUT2D eigenvalue weighted by Gasteiger charge is -2.26. The first-order valence-electron chi connectivity index (χ1n) is 11.1. The van der Waals surface area contributed by atoms with Crippen LogP contribution < -0.4 is 9.47 Å². The van der Waals surface area contributed by atoms with Crippen LogP contribution in [0.4, 0.5) is 0 Å². The highest BCUT2D eigenvalue weighted by Gasteiger charge is 2.46. The van der Waals surface area contributed by atoms with Gasteiger partial charge in [0, 0.05) is 12.1 Å². The number of hydrogen-bond donors (Lipinski definition) is 2.